The van der Waals surface area contributed by atoms with Crippen LogP contribution >= 0.6 is 11.6 Å². The predicted molar refractivity (Wildman–Crippen MR) is 76.1 cm³/mol. The molecule has 2 rings (SSSR count). The number of benzene rings is 1. The molecule has 1 aromatic heterocycles. The first kappa shape index (κ1) is 14.3. The van der Waals surface area contributed by atoms with Gasteiger partial charge in [-0.25, -0.2) is 4.68 Å². The van der Waals surface area contributed by atoms with E-state index in [0.29, 0.717) is 10.6 Å². The van der Waals surface area contributed by atoms with Crippen LogP contribution < -0.4 is 5.32 Å². The largest absolute Gasteiger partial charge is 0.343 e. The lowest BCUT2D eigenvalue weighted by Gasteiger charge is -2.07. The van der Waals surface area contributed by atoms with E-state index in [1.807, 2.05) is 0 Å². The molecule has 1 N–H and O–H groups in total. The van der Waals surface area contributed by atoms with Crippen molar-refractivity contribution in [2.75, 3.05) is 6.54 Å². The summed E-state index contributed by atoms with van der Waals surface area (Å²) in [5, 5.41) is 6.96. The number of nitrogens with zero attached hydrogens (tertiary/aromatic N) is 2. The third-order valence-electron chi connectivity index (χ3n) is 2.76. The first-order chi connectivity index (χ1) is 9.49. The molecule has 6 heteroatoms. The van der Waals surface area contributed by atoms with Gasteiger partial charge in [-0.15, -0.1) is 0 Å². The summed E-state index contributed by atoms with van der Waals surface area (Å²) in [5.74, 6) is -0.679. The number of amides is 1. The van der Waals surface area contributed by atoms with Crippen LogP contribution in [0.2, 0.25) is 5.02 Å². The fraction of sp³-hybridized carbons (Fsp3) is 0.214. The maximum atomic E-state index is 12.0. The molecule has 20 heavy (non-hydrogen) atoms. The predicted octanol–water partition coefficient (Wildman–Crippen LogP) is 2.22. The van der Waals surface area contributed by atoms with Crippen LogP contribution in [-0.4, -0.2) is 28.1 Å². The Balaban J connectivity index is 2.02. The molecule has 0 bridgehead atoms. The second-order valence-electron chi connectivity index (χ2n) is 4.40. The van der Waals surface area contributed by atoms with Gasteiger partial charge in [0.15, 0.2) is 0 Å². The summed E-state index contributed by atoms with van der Waals surface area (Å²) in [5.41, 5.74) is 1.84. The summed E-state index contributed by atoms with van der Waals surface area (Å²) in [7, 11) is 0. The molecule has 1 heterocycles. The van der Waals surface area contributed by atoms with Gasteiger partial charge in [0.05, 0.1) is 22.8 Å². The van der Waals surface area contributed by atoms with E-state index in [1.54, 1.807) is 44.2 Å². The van der Waals surface area contributed by atoms with Crippen molar-refractivity contribution in [2.45, 2.75) is 13.8 Å². The van der Waals surface area contributed by atoms with Crippen molar-refractivity contribution in [2.24, 2.45) is 0 Å². The van der Waals surface area contributed by atoms with E-state index in [4.69, 9.17) is 11.6 Å². The van der Waals surface area contributed by atoms with E-state index in [1.165, 1.54) is 4.68 Å². The molecule has 0 unspecified atom stereocenters. The zero-order valence-corrected chi connectivity index (χ0v) is 11.9. The van der Waals surface area contributed by atoms with Gasteiger partial charge >= 0.3 is 0 Å². The average molecular weight is 292 g/mol. The summed E-state index contributed by atoms with van der Waals surface area (Å²) in [4.78, 5) is 23.9. The third kappa shape index (κ3) is 3.05. The molecule has 5 nitrogen and oxygen atoms in total. The zero-order chi connectivity index (χ0) is 14.7. The molecular weight excluding hydrogens is 278 g/mol. The van der Waals surface area contributed by atoms with Crippen molar-refractivity contribution in [3.05, 3.63) is 52.3 Å². The van der Waals surface area contributed by atoms with Crippen molar-refractivity contribution >= 4 is 23.4 Å². The zero-order valence-electron chi connectivity index (χ0n) is 11.2. The summed E-state index contributed by atoms with van der Waals surface area (Å²) < 4.78 is 1.28. The number of hydrogen-bond donors (Lipinski definition) is 1. The molecule has 1 aromatic carbocycles. The number of carbonyl (C=O) groups is 2. The van der Waals surface area contributed by atoms with Gasteiger partial charge < -0.3 is 5.32 Å². The van der Waals surface area contributed by atoms with Crippen molar-refractivity contribution < 1.29 is 9.59 Å². The number of halogens is 1. The molecule has 0 aliphatic carbocycles. The highest BCUT2D eigenvalue weighted by atomic mass is 35.5. The lowest BCUT2D eigenvalue weighted by atomic mass is 10.2. The maximum Gasteiger partial charge on any atom is 0.266 e. The van der Waals surface area contributed by atoms with Gasteiger partial charge in [-0.2, -0.15) is 5.10 Å². The summed E-state index contributed by atoms with van der Waals surface area (Å²) in [6.45, 7) is 3.46. The summed E-state index contributed by atoms with van der Waals surface area (Å²) >= 11 is 5.92. The van der Waals surface area contributed by atoms with Gasteiger partial charge in [0.2, 0.25) is 0 Å². The molecule has 1 amide bonds. The Labute approximate surface area is 121 Å². The topological polar surface area (TPSA) is 64.0 Å². The second-order valence-corrected chi connectivity index (χ2v) is 4.80. The van der Waals surface area contributed by atoms with E-state index >= 15 is 0 Å². The minimum absolute atomic E-state index is 0.133. The molecule has 0 atom stereocenters. The van der Waals surface area contributed by atoms with E-state index < -0.39 is 0 Å². The van der Waals surface area contributed by atoms with Crippen molar-refractivity contribution in [3.63, 3.8) is 0 Å². The van der Waals surface area contributed by atoms with Gasteiger partial charge in [-0.1, -0.05) is 23.7 Å². The van der Waals surface area contributed by atoms with Crippen LogP contribution in [0.3, 0.4) is 0 Å². The minimum Gasteiger partial charge on any atom is -0.343 e. The molecule has 0 aliphatic rings. The quantitative estimate of drug-likeness (QED) is 0.943. The molecule has 0 saturated carbocycles. The number of rotatable bonds is 3. The SMILES string of the molecule is Cc1cc(C)n(C(=O)CNC(=O)c2ccccc2Cl)n1. The van der Waals surface area contributed by atoms with Crippen molar-refractivity contribution in [1.29, 1.82) is 0 Å². The Bertz CT molecular complexity index is 664. The molecule has 0 radical (unpaired) electrons. The maximum absolute atomic E-state index is 12.0. The average Bonchev–Trinajstić information content (AvgIpc) is 2.75. The molecule has 104 valence electrons. The Morgan fingerprint density at radius 1 is 1.30 bits per heavy atom. The molecule has 0 aliphatic heterocycles. The van der Waals surface area contributed by atoms with Crippen molar-refractivity contribution in [1.82, 2.24) is 15.1 Å². The van der Waals surface area contributed by atoms with Crippen LogP contribution in [0.5, 0.6) is 0 Å². The Kier molecular flexibility index (Phi) is 4.20. The van der Waals surface area contributed by atoms with Gasteiger partial charge in [0.25, 0.3) is 11.8 Å². The van der Waals surface area contributed by atoms with Crippen LogP contribution in [0.4, 0.5) is 0 Å². The van der Waals surface area contributed by atoms with Crippen LogP contribution in [0.25, 0.3) is 0 Å². The van der Waals surface area contributed by atoms with Gasteiger partial charge in [0, 0.05) is 5.69 Å². The highest BCUT2D eigenvalue weighted by Gasteiger charge is 2.13. The van der Waals surface area contributed by atoms with Crippen LogP contribution in [-0.2, 0) is 0 Å². The lowest BCUT2D eigenvalue weighted by Crippen LogP contribution is -2.33. The number of nitrogens with one attached hydrogen (secondary N) is 1. The van der Waals surface area contributed by atoms with Crippen LogP contribution in [0.15, 0.2) is 30.3 Å². The normalized spacial score (nSPS) is 10.3. The highest BCUT2D eigenvalue weighted by Crippen LogP contribution is 2.14. The van der Waals surface area contributed by atoms with E-state index in [0.717, 1.165) is 11.4 Å². The standard InChI is InChI=1S/C14H14ClN3O2/c1-9-7-10(2)18(17-9)13(19)8-16-14(20)11-5-3-4-6-12(11)15/h3-7H,8H2,1-2H3,(H,16,20). The number of hydrogen-bond acceptors (Lipinski definition) is 3. The fourth-order valence-corrected chi connectivity index (χ4v) is 2.07. The Hall–Kier alpha value is -2.14. The Morgan fingerprint density at radius 3 is 2.60 bits per heavy atom. The minimum atomic E-state index is -0.384. The summed E-state index contributed by atoms with van der Waals surface area (Å²) in [6.07, 6.45) is 0. The third-order valence-corrected chi connectivity index (χ3v) is 3.09. The first-order valence-electron chi connectivity index (χ1n) is 6.08. The van der Waals surface area contributed by atoms with Gasteiger partial charge in [-0.05, 0) is 32.0 Å². The molecule has 0 spiro atoms. The highest BCUT2D eigenvalue weighted by molar-refractivity contribution is 6.33. The summed E-state index contributed by atoms with van der Waals surface area (Å²) in [6, 6.07) is 8.47. The van der Waals surface area contributed by atoms with Gasteiger partial charge in [-0.3, -0.25) is 9.59 Å². The van der Waals surface area contributed by atoms with Gasteiger partial charge in [0.1, 0.15) is 0 Å². The van der Waals surface area contributed by atoms with E-state index in [2.05, 4.69) is 10.4 Å². The lowest BCUT2D eigenvalue weighted by molar-refractivity contribution is 0.0848. The number of carbonyl (C=O) groups excluding carboxylic acids is 2. The van der Waals surface area contributed by atoms with Crippen LogP contribution in [0, 0.1) is 13.8 Å². The molecular formula is C14H14ClN3O2. The van der Waals surface area contributed by atoms with E-state index in [-0.39, 0.29) is 18.4 Å². The molecule has 2 aromatic rings. The first-order valence-corrected chi connectivity index (χ1v) is 6.46. The second kappa shape index (κ2) is 5.88. The number of aromatic nitrogens is 2. The molecule has 0 saturated heterocycles. The smallest absolute Gasteiger partial charge is 0.266 e. The monoisotopic (exact) mass is 291 g/mol. The van der Waals surface area contributed by atoms with Crippen LogP contribution in [0.1, 0.15) is 26.5 Å². The Morgan fingerprint density at radius 2 is 2.00 bits per heavy atom. The van der Waals surface area contributed by atoms with E-state index in [9.17, 15) is 9.59 Å². The molecule has 0 fully saturated rings. The fourth-order valence-electron chi connectivity index (χ4n) is 1.85. The van der Waals surface area contributed by atoms with Crippen molar-refractivity contribution in [3.8, 4) is 0 Å². The number of aryl methyl sites for hydroxylation is 2.